The first-order valence-electron chi connectivity index (χ1n) is 7.95. The Hall–Kier alpha value is -2.62. The van der Waals surface area contributed by atoms with E-state index >= 15 is 0 Å². The molecular weight excluding hydrogens is 286 g/mol. The van der Waals surface area contributed by atoms with Crippen LogP contribution in [0.1, 0.15) is 28.8 Å². The molecule has 0 unspecified atom stereocenters. The Morgan fingerprint density at radius 2 is 2.04 bits per heavy atom. The Bertz CT molecular complexity index is 906. The number of nitrogens with zero attached hydrogens (tertiary/aromatic N) is 2. The molecule has 4 heteroatoms. The molecule has 1 aliphatic carbocycles. The minimum atomic E-state index is 0.0243. The van der Waals surface area contributed by atoms with Gasteiger partial charge in [0, 0.05) is 24.0 Å². The zero-order valence-electron chi connectivity index (χ0n) is 13.3. The molecule has 23 heavy (non-hydrogen) atoms. The topological polar surface area (TPSA) is 46.9 Å². The Morgan fingerprint density at radius 3 is 2.83 bits per heavy atom. The van der Waals surface area contributed by atoms with Crippen molar-refractivity contribution in [2.75, 3.05) is 0 Å². The van der Waals surface area contributed by atoms with Gasteiger partial charge in [-0.15, -0.1) is 0 Å². The molecule has 1 fully saturated rings. The Kier molecular flexibility index (Phi) is 3.18. The molecule has 4 rings (SSSR count). The van der Waals surface area contributed by atoms with Gasteiger partial charge in [0.15, 0.2) is 0 Å². The second-order valence-electron chi connectivity index (χ2n) is 6.32. The van der Waals surface area contributed by atoms with Gasteiger partial charge in [0.1, 0.15) is 0 Å². The van der Waals surface area contributed by atoms with E-state index in [2.05, 4.69) is 35.5 Å². The molecule has 0 spiro atoms. The molecule has 3 aromatic rings. The Morgan fingerprint density at radius 1 is 1.22 bits per heavy atom. The molecule has 0 aliphatic heterocycles. The number of aromatic nitrogens is 2. The fourth-order valence-electron chi connectivity index (χ4n) is 2.90. The van der Waals surface area contributed by atoms with E-state index in [1.807, 2.05) is 36.1 Å². The molecule has 0 saturated heterocycles. The predicted molar refractivity (Wildman–Crippen MR) is 91.4 cm³/mol. The van der Waals surface area contributed by atoms with E-state index in [9.17, 15) is 4.79 Å². The van der Waals surface area contributed by atoms with Crippen LogP contribution in [-0.2, 0) is 7.05 Å². The fraction of sp³-hybridized carbons (Fsp3) is 0.263. The van der Waals surface area contributed by atoms with E-state index in [0.717, 1.165) is 46.0 Å². The lowest BCUT2D eigenvalue weighted by Gasteiger charge is -2.10. The van der Waals surface area contributed by atoms with E-state index in [-0.39, 0.29) is 5.91 Å². The Labute approximate surface area is 135 Å². The van der Waals surface area contributed by atoms with E-state index in [1.165, 1.54) is 0 Å². The number of nitrogens with one attached hydrogen (secondary N) is 1. The monoisotopic (exact) mass is 305 g/mol. The smallest absolute Gasteiger partial charge is 0.251 e. The van der Waals surface area contributed by atoms with Crippen LogP contribution in [0.25, 0.3) is 22.0 Å². The summed E-state index contributed by atoms with van der Waals surface area (Å²) in [6.07, 6.45) is 4.07. The third-order valence-corrected chi connectivity index (χ3v) is 4.47. The highest BCUT2D eigenvalue weighted by molar-refractivity contribution is 5.96. The van der Waals surface area contributed by atoms with Crippen molar-refractivity contribution >= 4 is 16.8 Å². The highest BCUT2D eigenvalue weighted by atomic mass is 16.1. The number of aryl methyl sites for hydroxylation is 2. The zero-order valence-corrected chi connectivity index (χ0v) is 13.3. The van der Waals surface area contributed by atoms with Crippen LogP contribution in [0.2, 0.25) is 0 Å². The van der Waals surface area contributed by atoms with Gasteiger partial charge in [0.05, 0.1) is 11.7 Å². The predicted octanol–water partition coefficient (Wildman–Crippen LogP) is 3.44. The molecule has 0 atom stereocenters. The molecule has 1 amide bonds. The van der Waals surface area contributed by atoms with Gasteiger partial charge in [-0.05, 0) is 60.7 Å². The number of carbonyl (C=O) groups is 1. The van der Waals surface area contributed by atoms with Gasteiger partial charge >= 0.3 is 0 Å². The molecule has 1 saturated carbocycles. The molecule has 1 heterocycles. The number of hydrogen-bond acceptors (Lipinski definition) is 2. The quantitative estimate of drug-likeness (QED) is 0.805. The molecular formula is C19H19N3O. The lowest BCUT2D eigenvalue weighted by molar-refractivity contribution is 0.0951. The van der Waals surface area contributed by atoms with Gasteiger partial charge in [-0.3, -0.25) is 9.48 Å². The molecule has 116 valence electrons. The van der Waals surface area contributed by atoms with Crippen molar-refractivity contribution in [1.29, 1.82) is 0 Å². The first-order valence-corrected chi connectivity index (χ1v) is 7.95. The van der Waals surface area contributed by atoms with Crippen molar-refractivity contribution in [3.63, 3.8) is 0 Å². The second-order valence-corrected chi connectivity index (χ2v) is 6.32. The van der Waals surface area contributed by atoms with Crippen LogP contribution in [0.3, 0.4) is 0 Å². The average Bonchev–Trinajstić information content (AvgIpc) is 3.29. The summed E-state index contributed by atoms with van der Waals surface area (Å²) in [6.45, 7) is 2.07. The van der Waals surface area contributed by atoms with E-state index in [1.54, 1.807) is 0 Å². The van der Waals surface area contributed by atoms with Crippen molar-refractivity contribution in [3.05, 3.63) is 53.7 Å². The van der Waals surface area contributed by atoms with Crippen LogP contribution in [0, 0.1) is 6.92 Å². The normalized spacial score (nSPS) is 14.2. The van der Waals surface area contributed by atoms with Crippen molar-refractivity contribution in [2.45, 2.75) is 25.8 Å². The molecule has 1 aliphatic rings. The second kappa shape index (κ2) is 5.23. The molecule has 2 aromatic carbocycles. The van der Waals surface area contributed by atoms with Crippen molar-refractivity contribution in [3.8, 4) is 11.1 Å². The summed E-state index contributed by atoms with van der Waals surface area (Å²) in [5.74, 6) is 0.0243. The van der Waals surface area contributed by atoms with E-state index < -0.39 is 0 Å². The number of amides is 1. The number of hydrogen-bond donors (Lipinski definition) is 1. The highest BCUT2D eigenvalue weighted by Gasteiger charge is 2.24. The minimum absolute atomic E-state index is 0.0243. The van der Waals surface area contributed by atoms with Crippen molar-refractivity contribution < 1.29 is 4.79 Å². The molecule has 0 radical (unpaired) electrons. The van der Waals surface area contributed by atoms with Crippen LogP contribution in [0.5, 0.6) is 0 Å². The van der Waals surface area contributed by atoms with Gasteiger partial charge in [0.25, 0.3) is 5.91 Å². The summed E-state index contributed by atoms with van der Waals surface area (Å²) in [4.78, 5) is 12.3. The van der Waals surface area contributed by atoms with Gasteiger partial charge < -0.3 is 5.32 Å². The maximum absolute atomic E-state index is 12.3. The highest BCUT2D eigenvalue weighted by Crippen LogP contribution is 2.28. The summed E-state index contributed by atoms with van der Waals surface area (Å²) >= 11 is 0. The first kappa shape index (κ1) is 14.0. The van der Waals surface area contributed by atoms with Crippen LogP contribution in [0.4, 0.5) is 0 Å². The van der Waals surface area contributed by atoms with E-state index in [4.69, 9.17) is 0 Å². The average molecular weight is 305 g/mol. The maximum atomic E-state index is 12.3. The number of fused-ring (bicyclic) bond motifs is 1. The summed E-state index contributed by atoms with van der Waals surface area (Å²) in [7, 11) is 1.94. The van der Waals surface area contributed by atoms with Gasteiger partial charge in [-0.1, -0.05) is 12.1 Å². The van der Waals surface area contributed by atoms with Crippen LogP contribution >= 0.6 is 0 Å². The number of carbonyl (C=O) groups excluding carboxylic acids is 1. The van der Waals surface area contributed by atoms with Gasteiger partial charge in [-0.2, -0.15) is 5.10 Å². The number of rotatable bonds is 3. The Balaban J connectivity index is 1.74. The third kappa shape index (κ3) is 2.61. The zero-order chi connectivity index (χ0) is 16.0. The summed E-state index contributed by atoms with van der Waals surface area (Å²) in [6, 6.07) is 12.6. The van der Waals surface area contributed by atoms with Crippen LogP contribution in [0.15, 0.2) is 42.6 Å². The third-order valence-electron chi connectivity index (χ3n) is 4.47. The van der Waals surface area contributed by atoms with Gasteiger partial charge in [0.2, 0.25) is 0 Å². The molecule has 4 nitrogen and oxygen atoms in total. The lowest BCUT2D eigenvalue weighted by Crippen LogP contribution is -2.25. The largest absolute Gasteiger partial charge is 0.349 e. The summed E-state index contributed by atoms with van der Waals surface area (Å²) < 4.78 is 1.87. The first-order chi connectivity index (χ1) is 11.1. The molecule has 1 N–H and O–H groups in total. The molecule has 0 bridgehead atoms. The van der Waals surface area contributed by atoms with Gasteiger partial charge in [-0.25, -0.2) is 0 Å². The lowest BCUT2D eigenvalue weighted by atomic mass is 9.97. The fourth-order valence-corrected chi connectivity index (χ4v) is 2.90. The minimum Gasteiger partial charge on any atom is -0.349 e. The van der Waals surface area contributed by atoms with Crippen molar-refractivity contribution in [1.82, 2.24) is 15.1 Å². The van der Waals surface area contributed by atoms with E-state index in [0.29, 0.717) is 6.04 Å². The van der Waals surface area contributed by atoms with Crippen LogP contribution in [-0.4, -0.2) is 21.7 Å². The standard InChI is InChI=1S/C19H19N3O/c1-12-3-4-14(19(23)21-16-6-7-16)10-17(12)13-5-8-18-15(9-13)11-20-22(18)2/h3-5,8-11,16H,6-7H2,1-2H3,(H,21,23). The SMILES string of the molecule is Cc1ccc(C(=O)NC2CC2)cc1-c1ccc2c(cnn2C)c1. The number of benzene rings is 2. The van der Waals surface area contributed by atoms with Crippen LogP contribution < -0.4 is 5.32 Å². The summed E-state index contributed by atoms with van der Waals surface area (Å²) in [5, 5.41) is 8.45. The van der Waals surface area contributed by atoms with Crippen molar-refractivity contribution in [2.24, 2.45) is 7.05 Å². The molecule has 1 aromatic heterocycles. The maximum Gasteiger partial charge on any atom is 0.251 e. The summed E-state index contributed by atoms with van der Waals surface area (Å²) in [5.41, 5.74) is 5.21.